The van der Waals surface area contributed by atoms with Crippen molar-refractivity contribution >= 4 is 53.4 Å². The van der Waals surface area contributed by atoms with E-state index in [2.05, 4.69) is 122 Å². The summed E-state index contributed by atoms with van der Waals surface area (Å²) < 4.78 is 0. The Balaban J connectivity index is -0.0000000204. The van der Waals surface area contributed by atoms with Gasteiger partial charge < -0.3 is 84.5 Å². The smallest absolute Gasteiger partial charge is 0.219 e. The third-order valence-electron chi connectivity index (χ3n) is 5.50. The second-order valence-electron chi connectivity index (χ2n) is 10.9. The number of hydrogen-bond acceptors (Lipinski definition) is 16. The van der Waals surface area contributed by atoms with Crippen molar-refractivity contribution in [3.63, 3.8) is 0 Å². The number of hydrogen-bond donors (Lipinski definition) is 8. The van der Waals surface area contributed by atoms with Gasteiger partial charge in [-0.15, -0.1) is 0 Å². The van der Waals surface area contributed by atoms with Crippen LogP contribution in [0.25, 0.3) is 0 Å². The number of aliphatic hydroxyl groups is 1. The van der Waals surface area contributed by atoms with E-state index in [-0.39, 0.29) is 24.3 Å². The van der Waals surface area contributed by atoms with Gasteiger partial charge in [-0.05, 0) is 98.1 Å². The molecule has 1 fully saturated rings. The fourth-order valence-electron chi connectivity index (χ4n) is 1.92. The third kappa shape index (κ3) is 327. The van der Waals surface area contributed by atoms with Gasteiger partial charge >= 0.3 is 0 Å². The van der Waals surface area contributed by atoms with E-state index in [0.29, 0.717) is 0 Å². The van der Waals surface area contributed by atoms with E-state index >= 15 is 0 Å². The van der Waals surface area contributed by atoms with Crippen LogP contribution in [-0.2, 0) is 44.8 Å². The first kappa shape index (κ1) is 124. The highest BCUT2D eigenvalue weighted by Gasteiger charge is 2.11. The summed E-state index contributed by atoms with van der Waals surface area (Å²) in [6, 6.07) is 10.5. The Morgan fingerprint density at radius 2 is 0.672 bits per heavy atom. The van der Waals surface area contributed by atoms with E-state index < -0.39 is 0 Å². The van der Waals surface area contributed by atoms with Crippen molar-refractivity contribution in [2.75, 3.05) is 48.3 Å². The second kappa shape index (κ2) is 206. The van der Waals surface area contributed by atoms with Crippen LogP contribution in [0.1, 0.15) is 148 Å². The molecule has 0 atom stereocenters. The molecule has 17 nitrogen and oxygen atoms in total. The minimum absolute atomic E-state index is 0. The molecular weight excluding hydrogens is 821 g/mol. The number of aryl methyl sites for hydroxylation is 1. The number of nitrogens with zero attached hydrogens (tertiary/aromatic N) is 1. The molecule has 0 aliphatic carbocycles. The molecule has 0 spiro atoms. The van der Waals surface area contributed by atoms with Crippen LogP contribution in [0.3, 0.4) is 0 Å². The number of nitrogens with two attached hydrogens (primary N) is 5. The summed E-state index contributed by atoms with van der Waals surface area (Å²) in [5.41, 5.74) is 23.9. The fourth-order valence-corrected chi connectivity index (χ4v) is 1.92. The van der Waals surface area contributed by atoms with Gasteiger partial charge in [-0.25, -0.2) is 0 Å². The molecule has 0 aromatic heterocycles. The van der Waals surface area contributed by atoms with Crippen molar-refractivity contribution in [3.05, 3.63) is 35.9 Å². The van der Waals surface area contributed by atoms with Crippen LogP contribution in [0, 0.1) is 17.8 Å². The molecule has 17 N–H and O–H groups in total. The lowest BCUT2D eigenvalue weighted by molar-refractivity contribution is -0.129. The van der Waals surface area contributed by atoms with E-state index in [1.54, 1.807) is 20.8 Å². The fraction of sp³-hybridized carbons (Fsp3) is 0.702. The minimum Gasteiger partial charge on any atom is -0.394 e. The van der Waals surface area contributed by atoms with Crippen LogP contribution in [0.2, 0.25) is 0 Å². The number of piperidine rings is 1. The van der Waals surface area contributed by atoms with Crippen molar-refractivity contribution < 1.29 is 43.5 Å². The first-order valence-electron chi connectivity index (χ1n) is 20.7. The van der Waals surface area contributed by atoms with Gasteiger partial charge in [0.2, 0.25) is 5.91 Å². The average molecular weight is 940 g/mol. The number of rotatable bonds is 4. The summed E-state index contributed by atoms with van der Waals surface area (Å²) in [5.74, 6) is 2.88. The molecule has 1 saturated heterocycles. The number of carbonyl (C=O) groups excluding carboxylic acids is 8. The molecule has 1 amide bonds. The van der Waals surface area contributed by atoms with Crippen molar-refractivity contribution in [2.24, 2.45) is 46.4 Å². The van der Waals surface area contributed by atoms with Gasteiger partial charge in [-0.1, -0.05) is 133 Å². The van der Waals surface area contributed by atoms with Gasteiger partial charge in [-0.3, -0.25) is 4.79 Å². The van der Waals surface area contributed by atoms with Crippen LogP contribution in [-0.4, -0.2) is 118 Å². The third-order valence-corrected chi connectivity index (χ3v) is 5.50. The van der Waals surface area contributed by atoms with E-state index in [4.69, 9.17) is 38.7 Å². The van der Waals surface area contributed by atoms with Crippen molar-refractivity contribution in [1.29, 1.82) is 0 Å². The lowest BCUT2D eigenvalue weighted by Gasteiger charge is -2.24. The first-order valence-corrected chi connectivity index (χ1v) is 20.7. The Morgan fingerprint density at radius 3 is 0.766 bits per heavy atom. The van der Waals surface area contributed by atoms with Gasteiger partial charge in [-0.2, -0.15) is 0 Å². The number of benzene rings is 1. The lowest BCUT2D eigenvalue weighted by Crippen LogP contribution is -2.33. The molecule has 1 aromatic carbocycles. The van der Waals surface area contributed by atoms with E-state index in [0.717, 1.165) is 37.3 Å². The van der Waals surface area contributed by atoms with E-state index in [1.165, 1.54) is 79.3 Å². The monoisotopic (exact) mass is 939 g/mol. The summed E-state index contributed by atoms with van der Waals surface area (Å²) in [6.07, 6.45) is 8.57. The van der Waals surface area contributed by atoms with Crippen LogP contribution in [0.4, 0.5) is 0 Å². The summed E-state index contributed by atoms with van der Waals surface area (Å²) >= 11 is 0. The maximum Gasteiger partial charge on any atom is 0.219 e. The summed E-state index contributed by atoms with van der Waals surface area (Å²) in [5, 5.41) is 8.06. The molecule has 0 unspecified atom stereocenters. The predicted molar refractivity (Wildman–Crippen MR) is 286 cm³/mol. The van der Waals surface area contributed by atoms with Gasteiger partial charge in [0.1, 0.15) is 47.5 Å². The van der Waals surface area contributed by atoms with Crippen LogP contribution < -0.4 is 41.0 Å². The maximum absolute atomic E-state index is 10.7. The highest BCUT2D eigenvalue weighted by atomic mass is 16.3. The number of likely N-dealkylation sites (tertiary alicyclic amines) is 1. The molecular formula is C47H118N8O9. The van der Waals surface area contributed by atoms with Gasteiger partial charge in [0.25, 0.3) is 0 Å². The highest BCUT2D eigenvalue weighted by molar-refractivity contribution is 5.73. The molecule has 1 heterocycles. The molecule has 0 radical (unpaired) electrons. The Hall–Kier alpha value is -3.94. The standard InChI is InChI=1S/C8H10.C7H13NO.3C5H12.C3H8O.C2H6.5CH5N.7CH2O.2H3N/c1-2-8-6-4-3-5-7-8;1-7(9)8-5-3-2-4-6-8;3*1-4-5(2)3;1-3(2)4;13*1-2;;/h3-7H,2H2,1H3;2-6H2,1H3;3*5H,4H2,1-3H3;3-4H,1-2H3;1-2H3;5*2H2,1H3;7*1H2;2*1H3. The molecule has 1 aromatic rings. The summed E-state index contributed by atoms with van der Waals surface area (Å²) in [6.45, 7) is 47.1. The molecule has 64 heavy (non-hydrogen) atoms. The Bertz CT molecular complexity index is 629. The van der Waals surface area contributed by atoms with Gasteiger partial charge in [0, 0.05) is 26.1 Å². The maximum atomic E-state index is 10.7. The predicted octanol–water partition coefficient (Wildman–Crippen LogP) is 7.74. The Morgan fingerprint density at radius 1 is 0.500 bits per heavy atom. The molecule has 17 heteroatoms. The average Bonchev–Trinajstić information content (AvgIpc) is 3.38. The topological polar surface area (TPSA) is 360 Å². The molecule has 0 saturated carbocycles. The Labute approximate surface area is 398 Å². The van der Waals surface area contributed by atoms with Crippen LogP contribution in [0.5, 0.6) is 0 Å². The van der Waals surface area contributed by atoms with E-state index in [9.17, 15) is 4.79 Å². The Kier molecular flexibility index (Phi) is 401. The molecule has 1 aliphatic rings. The quantitative estimate of drug-likeness (QED) is 0.143. The zero-order valence-corrected chi connectivity index (χ0v) is 46.0. The first-order chi connectivity index (χ1) is 29.8. The number of aliphatic hydroxyl groups excluding tert-OH is 1. The summed E-state index contributed by atoms with van der Waals surface area (Å²) in [4.78, 5) is 68.6. The molecule has 0 bridgehead atoms. The minimum atomic E-state index is -0.167. The van der Waals surface area contributed by atoms with Crippen LogP contribution >= 0.6 is 0 Å². The van der Waals surface area contributed by atoms with Gasteiger partial charge in [0.15, 0.2) is 0 Å². The zero-order valence-electron chi connectivity index (χ0n) is 46.0. The van der Waals surface area contributed by atoms with E-state index in [1.807, 2.05) is 72.3 Å². The largest absolute Gasteiger partial charge is 0.394 e. The second-order valence-corrected chi connectivity index (χ2v) is 10.9. The zero-order chi connectivity index (χ0) is 54.9. The number of carbonyl (C=O) groups is 8. The molecule has 2 rings (SSSR count). The number of amides is 1. The highest BCUT2D eigenvalue weighted by Crippen LogP contribution is 2.07. The van der Waals surface area contributed by atoms with Crippen molar-refractivity contribution in [3.8, 4) is 0 Å². The van der Waals surface area contributed by atoms with Crippen molar-refractivity contribution in [2.45, 2.75) is 155 Å². The summed E-state index contributed by atoms with van der Waals surface area (Å²) in [7, 11) is 7.50. The molecule has 400 valence electrons. The normalized spacial score (nSPS) is 7.75. The van der Waals surface area contributed by atoms with Gasteiger partial charge in [0.05, 0.1) is 0 Å². The molecule has 1 aliphatic heterocycles. The van der Waals surface area contributed by atoms with Crippen molar-refractivity contribution in [1.82, 2.24) is 17.2 Å². The van der Waals surface area contributed by atoms with Crippen LogP contribution in [0.15, 0.2) is 30.3 Å². The SMILES string of the molecule is C=O.C=O.C=O.C=O.C=O.C=O.C=O.CC.CC(=O)N1CCCCC1.CC(C)O.CCC(C)C.CCC(C)C.CCC(C)C.CCc1ccccc1.CN.CN.CN.CN.CN.N.N. The lowest BCUT2D eigenvalue weighted by atomic mass is 10.1.